The molecular weight excluding hydrogens is 211 g/mol. The van der Waals surface area contributed by atoms with Gasteiger partial charge in [0.15, 0.2) is 0 Å². The average Bonchev–Trinajstić information content (AvgIpc) is 2.71. The maximum Gasteiger partial charge on any atom is 2.00 e. The molecule has 0 aromatic carbocycles. The summed E-state index contributed by atoms with van der Waals surface area (Å²) in [5.74, 6) is 0. The van der Waals surface area contributed by atoms with Gasteiger partial charge in [-0.25, -0.2) is 12.2 Å². The number of allylic oxidation sites excluding steroid dienone is 4. The Labute approximate surface area is 89.5 Å². The van der Waals surface area contributed by atoms with E-state index in [0.717, 1.165) is 6.42 Å². The standard InChI is InChI=1S/C5H5.3CO.CH3.Mn/c1-2-4-5-3-1;3*1-2;;/h1-3H,4H2;;;;1H3;/q-1;;;;-1;+2. The Balaban J connectivity index is -0.0000000239. The summed E-state index contributed by atoms with van der Waals surface area (Å²) in [4.78, 5) is 0. The van der Waals surface area contributed by atoms with E-state index in [0.29, 0.717) is 0 Å². The third-order valence-corrected chi connectivity index (χ3v) is 0.586. The van der Waals surface area contributed by atoms with Gasteiger partial charge in [0.25, 0.3) is 0 Å². The molecule has 0 saturated carbocycles. The first-order valence-corrected chi connectivity index (χ1v) is 2.33. The molecule has 4 heteroatoms. The van der Waals surface area contributed by atoms with Crippen LogP contribution in [-0.2, 0) is 31.0 Å². The van der Waals surface area contributed by atoms with Crippen LogP contribution in [0.25, 0.3) is 0 Å². The first-order chi connectivity index (χ1) is 5.50. The predicted octanol–water partition coefficient (Wildman–Crippen LogP) is 1.64. The van der Waals surface area contributed by atoms with Crippen molar-refractivity contribution in [3.63, 3.8) is 0 Å². The molecule has 0 atom stereocenters. The van der Waals surface area contributed by atoms with Crippen LogP contribution in [0.5, 0.6) is 0 Å². The maximum atomic E-state index is 7.50. The van der Waals surface area contributed by atoms with Gasteiger partial charge in [0, 0.05) is 0 Å². The molecule has 0 unspecified atom stereocenters. The first-order valence-electron chi connectivity index (χ1n) is 2.33. The average molecular weight is 219 g/mol. The molecule has 0 bridgehead atoms. The van der Waals surface area contributed by atoms with Crippen LogP contribution in [0, 0.1) is 33.5 Å². The van der Waals surface area contributed by atoms with Gasteiger partial charge in [0.05, 0.1) is 0 Å². The summed E-state index contributed by atoms with van der Waals surface area (Å²) in [5.41, 5.74) is 0. The van der Waals surface area contributed by atoms with Crippen molar-refractivity contribution in [2.45, 2.75) is 6.42 Å². The summed E-state index contributed by atoms with van der Waals surface area (Å²) in [6.45, 7) is 13.5. The Morgan fingerprint density at radius 1 is 1.00 bits per heavy atom. The van der Waals surface area contributed by atoms with Gasteiger partial charge in [-0.1, -0.05) is 0 Å². The Hall–Kier alpha value is -0.781. The molecule has 69 valence electrons. The van der Waals surface area contributed by atoms with Crippen LogP contribution in [0.4, 0.5) is 0 Å². The summed E-state index contributed by atoms with van der Waals surface area (Å²) >= 11 is 0. The minimum atomic E-state index is 0. The fraction of sp³-hybridized carbons (Fsp3) is 0.111. The molecule has 13 heavy (non-hydrogen) atoms. The molecule has 0 heterocycles. The monoisotopic (exact) mass is 219 g/mol. The van der Waals surface area contributed by atoms with E-state index in [-0.39, 0.29) is 24.5 Å². The van der Waals surface area contributed by atoms with Crippen LogP contribution in [0.1, 0.15) is 6.42 Å². The van der Waals surface area contributed by atoms with Gasteiger partial charge < -0.3 is 7.43 Å². The molecule has 0 aliphatic heterocycles. The van der Waals surface area contributed by atoms with E-state index in [4.69, 9.17) is 14.0 Å². The molecule has 0 fully saturated rings. The molecule has 3 nitrogen and oxygen atoms in total. The second-order valence-corrected chi connectivity index (χ2v) is 1.00. The van der Waals surface area contributed by atoms with E-state index in [1.54, 1.807) is 0 Å². The van der Waals surface area contributed by atoms with Gasteiger partial charge in [0.2, 0.25) is 0 Å². The van der Waals surface area contributed by atoms with Crippen molar-refractivity contribution >= 4 is 0 Å². The van der Waals surface area contributed by atoms with Crippen LogP contribution in [0.3, 0.4) is 0 Å². The van der Waals surface area contributed by atoms with Crippen LogP contribution >= 0.6 is 0 Å². The van der Waals surface area contributed by atoms with E-state index >= 15 is 0 Å². The molecule has 1 aliphatic carbocycles. The summed E-state index contributed by atoms with van der Waals surface area (Å²) in [5, 5.41) is 0. The van der Waals surface area contributed by atoms with E-state index in [9.17, 15) is 0 Å². The second-order valence-electron chi connectivity index (χ2n) is 1.00. The Kier molecular flexibility index (Phi) is 149. The number of hydrogen-bond donors (Lipinski definition) is 0. The van der Waals surface area contributed by atoms with Gasteiger partial charge >= 0.3 is 51.0 Å². The van der Waals surface area contributed by atoms with Crippen LogP contribution in [-0.4, -0.2) is 0 Å². The first kappa shape index (κ1) is 29.5. The third-order valence-electron chi connectivity index (χ3n) is 0.586. The molecule has 0 spiro atoms. The molecule has 0 amide bonds. The van der Waals surface area contributed by atoms with E-state index in [1.807, 2.05) is 12.2 Å². The van der Waals surface area contributed by atoms with Gasteiger partial charge in [-0.05, 0) is 0 Å². The van der Waals surface area contributed by atoms with Crippen molar-refractivity contribution in [1.82, 2.24) is 0 Å². The topological polar surface area (TPSA) is 59.7 Å². The minimum absolute atomic E-state index is 0. The normalized spacial score (nSPS) is 7.23. The molecule has 1 radical (unpaired) electrons. The van der Waals surface area contributed by atoms with Crippen LogP contribution < -0.4 is 0 Å². The third kappa shape index (κ3) is 53.6. The molecule has 0 aromatic heterocycles. The molecular formula is C9H8MnO3. The largest absolute Gasteiger partial charge is 2.00 e. The van der Waals surface area contributed by atoms with Crippen molar-refractivity contribution in [2.75, 3.05) is 0 Å². The van der Waals surface area contributed by atoms with Gasteiger partial charge in [-0.3, -0.25) is 6.08 Å². The fourth-order valence-electron chi connectivity index (χ4n) is 0.340. The van der Waals surface area contributed by atoms with Crippen LogP contribution in [0.15, 0.2) is 18.2 Å². The zero-order valence-electron chi connectivity index (χ0n) is 7.04. The van der Waals surface area contributed by atoms with E-state index in [1.165, 1.54) is 0 Å². The molecule has 0 saturated heterocycles. The van der Waals surface area contributed by atoms with Crippen molar-refractivity contribution in [3.05, 3.63) is 51.7 Å². The number of hydrogen-bond acceptors (Lipinski definition) is 0. The van der Waals surface area contributed by atoms with Gasteiger partial charge in [-0.2, -0.15) is 6.08 Å². The summed E-state index contributed by atoms with van der Waals surface area (Å²) < 4.78 is 22.5. The zero-order chi connectivity index (χ0) is 9.54. The van der Waals surface area contributed by atoms with Gasteiger partial charge in [-0.15, -0.1) is 6.42 Å². The second kappa shape index (κ2) is 65.8. The quantitative estimate of drug-likeness (QED) is 0.338. The smallest absolute Gasteiger partial charge is 0.358 e. The van der Waals surface area contributed by atoms with E-state index < -0.39 is 0 Å². The van der Waals surface area contributed by atoms with Crippen molar-refractivity contribution in [2.24, 2.45) is 0 Å². The van der Waals surface area contributed by atoms with E-state index in [2.05, 4.69) is 32.1 Å². The van der Waals surface area contributed by atoms with Gasteiger partial charge in [0.1, 0.15) is 0 Å². The fourth-order valence-corrected chi connectivity index (χ4v) is 0.340. The maximum absolute atomic E-state index is 7.50. The van der Waals surface area contributed by atoms with Crippen molar-refractivity contribution in [1.29, 1.82) is 0 Å². The summed E-state index contributed by atoms with van der Waals surface area (Å²) in [6, 6.07) is 0. The summed E-state index contributed by atoms with van der Waals surface area (Å²) in [7, 11) is 0. The Morgan fingerprint density at radius 3 is 1.46 bits per heavy atom. The summed E-state index contributed by atoms with van der Waals surface area (Å²) in [6.07, 6.45) is 10.0. The van der Waals surface area contributed by atoms with Crippen LogP contribution in [0.2, 0.25) is 0 Å². The van der Waals surface area contributed by atoms with Crippen molar-refractivity contribution in [3.8, 4) is 0 Å². The molecule has 0 aromatic rings. The molecule has 0 N–H and O–H groups in total. The SMILES string of the molecule is [C-]#[O+].[C-]#[O+].[C-]#[O+].[C-]1=CC=CC1.[CH3-].[Mn+2]. The molecule has 1 rings (SSSR count). The number of rotatable bonds is 0. The minimum Gasteiger partial charge on any atom is -0.358 e. The predicted molar refractivity (Wildman–Crippen MR) is 39.8 cm³/mol. The Bertz CT molecular complexity index is 141. The Morgan fingerprint density at radius 2 is 1.38 bits per heavy atom. The molecule has 1 aliphatic rings. The zero-order valence-corrected chi connectivity index (χ0v) is 8.22. The van der Waals surface area contributed by atoms with Crippen molar-refractivity contribution < 1.29 is 31.0 Å².